The van der Waals surface area contributed by atoms with Crippen LogP contribution in [0.1, 0.15) is 41.0 Å². The molecule has 10 nitrogen and oxygen atoms in total. The van der Waals surface area contributed by atoms with Gasteiger partial charge < -0.3 is 34.5 Å². The van der Waals surface area contributed by atoms with Crippen molar-refractivity contribution in [1.29, 1.82) is 0 Å². The molecule has 160 valence electrons. The first kappa shape index (κ1) is 27.9. The highest BCUT2D eigenvalue weighted by atomic mass is 31.2. The van der Waals surface area contributed by atoms with Gasteiger partial charge >= 0.3 is 8.60 Å². The third-order valence-corrected chi connectivity index (χ3v) is 3.79. The molecule has 4 N–H and O–H groups in total. The average molecular weight is 411 g/mol. The van der Waals surface area contributed by atoms with Gasteiger partial charge in [-0.05, 0) is 6.92 Å². The van der Waals surface area contributed by atoms with Crippen LogP contribution in [0.4, 0.5) is 0 Å². The number of rotatable bonds is 12. The second-order valence-corrected chi connectivity index (χ2v) is 7.01. The third kappa shape index (κ3) is 13.5. The van der Waals surface area contributed by atoms with Crippen LogP contribution in [0.3, 0.4) is 0 Å². The number of hydrogen-bond acceptors (Lipinski definition) is 8. The van der Waals surface area contributed by atoms with Gasteiger partial charge in [0.2, 0.25) is 11.8 Å². The van der Waals surface area contributed by atoms with Crippen LogP contribution < -0.4 is 10.6 Å². The largest absolute Gasteiger partial charge is 0.399 e. The number of nitrogens with one attached hydrogen (secondary N) is 2. The lowest BCUT2D eigenvalue weighted by Crippen LogP contribution is -2.46. The van der Waals surface area contributed by atoms with E-state index in [2.05, 4.69) is 25.2 Å². The molecule has 0 saturated carbocycles. The summed E-state index contributed by atoms with van der Waals surface area (Å²) in [5.41, 5.74) is -0.334. The Kier molecular flexibility index (Phi) is 16.2. The van der Waals surface area contributed by atoms with E-state index in [1.165, 1.54) is 14.2 Å². The Morgan fingerprint density at radius 2 is 1.81 bits per heavy atom. The van der Waals surface area contributed by atoms with Gasteiger partial charge in [-0.1, -0.05) is 32.9 Å². The van der Waals surface area contributed by atoms with Crippen molar-refractivity contribution in [2.24, 2.45) is 10.6 Å². The molecule has 0 aromatic rings. The first-order valence-electron chi connectivity index (χ1n) is 8.59. The van der Waals surface area contributed by atoms with Crippen LogP contribution in [0.25, 0.3) is 0 Å². The molecule has 0 aliphatic rings. The predicted octanol–water partition coefficient (Wildman–Crippen LogP) is 0.927. The maximum absolute atomic E-state index is 12.0. The molecule has 0 aromatic heterocycles. The molecule has 11 heteroatoms. The lowest BCUT2D eigenvalue weighted by molar-refractivity contribution is -0.136. The summed E-state index contributed by atoms with van der Waals surface area (Å²) in [6.07, 6.45) is -1.31. The number of hydrogen-bond donors (Lipinski definition) is 4. The lowest BCUT2D eigenvalue weighted by Gasteiger charge is -2.29. The molecule has 0 aliphatic carbocycles. The molecular formula is C16H34N3O7P. The Morgan fingerprint density at radius 3 is 2.33 bits per heavy atom. The molecule has 0 spiro atoms. The van der Waals surface area contributed by atoms with Crippen LogP contribution in [0.5, 0.6) is 0 Å². The van der Waals surface area contributed by atoms with Gasteiger partial charge in [-0.2, -0.15) is 0 Å². The highest BCUT2D eigenvalue weighted by Crippen LogP contribution is 2.35. The topological polar surface area (TPSA) is 139 Å². The van der Waals surface area contributed by atoms with Crippen LogP contribution in [0.2, 0.25) is 0 Å². The van der Waals surface area contributed by atoms with Gasteiger partial charge in [-0.15, -0.1) is 0 Å². The molecule has 0 rings (SSSR count). The van der Waals surface area contributed by atoms with Crippen LogP contribution in [-0.2, 0) is 23.5 Å². The summed E-state index contributed by atoms with van der Waals surface area (Å²) in [7, 11) is 0.666. The van der Waals surface area contributed by atoms with E-state index < -0.39 is 26.0 Å². The first-order chi connectivity index (χ1) is 12.6. The number of aliphatic hydroxyl groups excluding tert-OH is 1. The molecule has 0 saturated heterocycles. The molecule has 2 unspecified atom stereocenters. The normalized spacial score (nSPS) is 13.7. The van der Waals surface area contributed by atoms with Crippen molar-refractivity contribution >= 4 is 26.1 Å². The zero-order valence-corrected chi connectivity index (χ0v) is 18.1. The molecule has 0 fully saturated rings. The van der Waals surface area contributed by atoms with Crippen molar-refractivity contribution in [2.45, 2.75) is 47.1 Å². The maximum Gasteiger partial charge on any atom is 0.329 e. The minimum atomic E-state index is -2.03. The van der Waals surface area contributed by atoms with Crippen LogP contribution in [-0.4, -0.2) is 67.5 Å². The average Bonchev–Trinajstić information content (AvgIpc) is 2.65. The van der Waals surface area contributed by atoms with Crippen LogP contribution in [0.15, 0.2) is 5.16 Å². The molecule has 27 heavy (non-hydrogen) atoms. The quantitative estimate of drug-likeness (QED) is 0.213. The van der Waals surface area contributed by atoms with E-state index in [0.717, 1.165) is 0 Å². The van der Waals surface area contributed by atoms with Gasteiger partial charge in [0.25, 0.3) is 0 Å². The highest BCUT2D eigenvalue weighted by molar-refractivity contribution is 7.40. The third-order valence-electron chi connectivity index (χ3n) is 3.13. The predicted molar refractivity (Wildman–Crippen MR) is 104 cm³/mol. The van der Waals surface area contributed by atoms with E-state index in [4.69, 9.17) is 4.52 Å². The summed E-state index contributed by atoms with van der Waals surface area (Å²) in [4.78, 5) is 37.4. The summed E-state index contributed by atoms with van der Waals surface area (Å²) in [6.45, 7) is 9.17. The Balaban J connectivity index is 0. The van der Waals surface area contributed by atoms with E-state index in [1.807, 2.05) is 13.8 Å². The second kappa shape index (κ2) is 15.7. The fourth-order valence-corrected chi connectivity index (χ4v) is 2.16. The van der Waals surface area contributed by atoms with Crippen molar-refractivity contribution in [2.75, 3.05) is 33.9 Å². The fraction of sp³-hybridized carbons (Fsp3) is 0.812. The first-order valence-corrected chi connectivity index (χ1v) is 9.72. The van der Waals surface area contributed by atoms with Gasteiger partial charge in [0.05, 0.1) is 18.9 Å². The van der Waals surface area contributed by atoms with Crippen molar-refractivity contribution in [1.82, 2.24) is 10.6 Å². The summed E-state index contributed by atoms with van der Waals surface area (Å²) >= 11 is 0. The van der Waals surface area contributed by atoms with Crippen LogP contribution >= 0.6 is 8.60 Å². The van der Waals surface area contributed by atoms with Gasteiger partial charge in [-0.25, -0.2) is 0 Å². The van der Waals surface area contributed by atoms with E-state index in [9.17, 15) is 19.6 Å². The second-order valence-electron chi connectivity index (χ2n) is 5.91. The summed E-state index contributed by atoms with van der Waals surface area (Å²) < 4.78 is 9.60. The molecular weight excluding hydrogens is 377 g/mol. The summed E-state index contributed by atoms with van der Waals surface area (Å²) in [6, 6.07) is 0. The highest BCUT2D eigenvalue weighted by Gasteiger charge is 2.34. The molecule has 0 aliphatic heterocycles. The molecule has 0 heterocycles. The van der Waals surface area contributed by atoms with Crippen molar-refractivity contribution in [3.8, 4) is 0 Å². The number of aliphatic hydroxyl groups is 1. The summed E-state index contributed by atoms with van der Waals surface area (Å²) in [5.74, 6) is -0.896. The van der Waals surface area contributed by atoms with Gasteiger partial charge in [0.15, 0.2) is 0 Å². The number of carbonyl (C=O) groups is 2. The molecule has 2 atom stereocenters. The Morgan fingerprint density at radius 1 is 1.22 bits per heavy atom. The van der Waals surface area contributed by atoms with Gasteiger partial charge in [0, 0.05) is 25.5 Å². The Labute approximate surface area is 162 Å². The van der Waals surface area contributed by atoms with Gasteiger partial charge in [-0.3, -0.25) is 9.59 Å². The molecule has 0 aromatic carbocycles. The number of oxime groups is 1. The SMILES string of the molecule is CC.CO/N=C(\C)CNC(=O)CCNC(=O)C(O)C(C)(C)COP(O)OC. The zero-order chi connectivity index (χ0) is 21.5. The molecule has 0 radical (unpaired) electrons. The smallest absolute Gasteiger partial charge is 0.329 e. The fourth-order valence-electron chi connectivity index (χ4n) is 1.61. The van der Waals surface area contributed by atoms with Crippen LogP contribution in [0, 0.1) is 5.41 Å². The summed E-state index contributed by atoms with van der Waals surface area (Å²) in [5, 5.41) is 18.8. The lowest BCUT2D eigenvalue weighted by atomic mass is 9.87. The Hall–Kier alpha value is -1.32. The number of nitrogens with zero attached hydrogens (tertiary/aromatic N) is 1. The number of carbonyl (C=O) groups excluding carboxylic acids is 2. The van der Waals surface area contributed by atoms with Crippen molar-refractivity contribution in [3.05, 3.63) is 0 Å². The number of amides is 2. The van der Waals surface area contributed by atoms with E-state index >= 15 is 0 Å². The molecule has 0 bridgehead atoms. The van der Waals surface area contributed by atoms with E-state index in [0.29, 0.717) is 5.71 Å². The zero-order valence-electron chi connectivity index (χ0n) is 17.2. The Bertz CT molecular complexity index is 461. The van der Waals surface area contributed by atoms with Gasteiger partial charge in [0.1, 0.15) is 13.2 Å². The molecule has 2 amide bonds. The van der Waals surface area contributed by atoms with E-state index in [1.54, 1.807) is 20.8 Å². The minimum absolute atomic E-state index is 0.0568. The maximum atomic E-state index is 12.0. The van der Waals surface area contributed by atoms with Crippen molar-refractivity contribution in [3.63, 3.8) is 0 Å². The minimum Gasteiger partial charge on any atom is -0.399 e. The van der Waals surface area contributed by atoms with E-state index in [-0.39, 0.29) is 32.0 Å². The standard InChI is InChI=1S/C14H28N3O7P.C2H6/c1-10(17-22-4)8-16-11(18)6-7-15-13(20)12(19)14(2,3)9-24-25(21)23-5;1-2/h12,19,21H,6-9H2,1-5H3,(H,15,20)(H,16,18);1-2H3/b17-10+;. The van der Waals surface area contributed by atoms with Crippen molar-refractivity contribution < 1.29 is 33.5 Å². The monoisotopic (exact) mass is 411 g/mol.